The second-order valence-corrected chi connectivity index (χ2v) is 5.45. The average molecular weight is 339 g/mol. The predicted octanol–water partition coefficient (Wildman–Crippen LogP) is 1.46. The Balaban J connectivity index is 2.19. The number of rotatable bonds is 4. The zero-order valence-corrected chi connectivity index (χ0v) is 13.3. The number of esters is 2. The lowest BCUT2D eigenvalue weighted by molar-refractivity contribution is -0.144. The fraction of sp³-hybridized carbons (Fsp3) is 0.375. The number of hydrogen-bond acceptors (Lipinski definition) is 6. The molecule has 0 spiro atoms. The Kier molecular flexibility index (Phi) is 3.60. The third kappa shape index (κ3) is 1.96. The van der Waals surface area contributed by atoms with E-state index in [1.807, 2.05) is 0 Å². The molecule has 0 N–H and O–H groups in total. The zero-order valence-electron chi connectivity index (χ0n) is 13.3. The number of halogens is 2. The summed E-state index contributed by atoms with van der Waals surface area (Å²) in [6, 6.07) is 2.75. The number of carbonyl (C=O) groups excluding carboxylic acids is 2. The summed E-state index contributed by atoms with van der Waals surface area (Å²) in [5, 5.41) is 0. The smallest absolute Gasteiger partial charge is 0.342 e. The van der Waals surface area contributed by atoms with E-state index in [1.165, 1.54) is 7.11 Å². The van der Waals surface area contributed by atoms with E-state index < -0.39 is 29.1 Å². The number of hydrogen-bond donors (Lipinski definition) is 0. The minimum atomic E-state index is -3.61. The second-order valence-electron chi connectivity index (χ2n) is 5.45. The van der Waals surface area contributed by atoms with Crippen LogP contribution in [-0.2, 0) is 24.6 Å². The third-order valence-electron chi connectivity index (χ3n) is 4.39. The molecule has 128 valence electrons. The van der Waals surface area contributed by atoms with Crippen LogP contribution in [-0.4, -0.2) is 50.8 Å². The maximum absolute atomic E-state index is 14.6. The van der Waals surface area contributed by atoms with Crippen LogP contribution in [0.1, 0.15) is 5.56 Å². The lowest BCUT2D eigenvalue weighted by Crippen LogP contribution is -2.32. The van der Waals surface area contributed by atoms with Crippen molar-refractivity contribution >= 4 is 11.9 Å². The van der Waals surface area contributed by atoms with Gasteiger partial charge in [0.15, 0.2) is 0 Å². The summed E-state index contributed by atoms with van der Waals surface area (Å²) in [7, 11) is 3.55. The summed E-state index contributed by atoms with van der Waals surface area (Å²) >= 11 is 0. The van der Waals surface area contributed by atoms with Crippen LogP contribution in [0.25, 0.3) is 0 Å². The quantitative estimate of drug-likeness (QED) is 0.470. The molecule has 1 fully saturated rings. The van der Waals surface area contributed by atoms with Crippen molar-refractivity contribution in [3.05, 3.63) is 41.0 Å². The molecule has 0 aliphatic carbocycles. The van der Waals surface area contributed by atoms with Gasteiger partial charge >= 0.3 is 18.0 Å². The van der Waals surface area contributed by atoms with E-state index in [2.05, 4.69) is 9.47 Å². The molecule has 1 aromatic carbocycles. The monoisotopic (exact) mass is 339 g/mol. The van der Waals surface area contributed by atoms with Crippen LogP contribution in [0.5, 0.6) is 5.75 Å². The van der Waals surface area contributed by atoms with Gasteiger partial charge in [-0.25, -0.2) is 14.5 Å². The maximum atomic E-state index is 14.6. The highest BCUT2D eigenvalue weighted by Crippen LogP contribution is 2.63. The molecule has 1 saturated heterocycles. The van der Waals surface area contributed by atoms with Gasteiger partial charge < -0.3 is 14.2 Å². The number of methoxy groups -OCH3 is 3. The highest BCUT2D eigenvalue weighted by atomic mass is 19.3. The van der Waals surface area contributed by atoms with Crippen molar-refractivity contribution in [3.63, 3.8) is 0 Å². The molecule has 2 atom stereocenters. The van der Waals surface area contributed by atoms with Crippen molar-refractivity contribution in [2.45, 2.75) is 11.6 Å². The highest BCUT2D eigenvalue weighted by Gasteiger charge is 2.76. The first-order valence-electron chi connectivity index (χ1n) is 7.06. The highest BCUT2D eigenvalue weighted by molar-refractivity contribution is 6.05. The van der Waals surface area contributed by atoms with Crippen LogP contribution in [0, 0.1) is 0 Å². The van der Waals surface area contributed by atoms with E-state index in [0.29, 0.717) is 11.3 Å². The number of alkyl halides is 2. The van der Waals surface area contributed by atoms with Gasteiger partial charge in [0.25, 0.3) is 0 Å². The molecule has 24 heavy (non-hydrogen) atoms. The van der Waals surface area contributed by atoms with Crippen molar-refractivity contribution in [3.8, 4) is 5.75 Å². The zero-order chi connectivity index (χ0) is 17.7. The fourth-order valence-corrected chi connectivity index (χ4v) is 3.20. The summed E-state index contributed by atoms with van der Waals surface area (Å²) in [4.78, 5) is 24.9. The molecule has 8 heteroatoms. The van der Waals surface area contributed by atoms with Crippen LogP contribution in [0.15, 0.2) is 35.4 Å². The first kappa shape index (κ1) is 16.4. The Morgan fingerprint density at radius 3 is 2.04 bits per heavy atom. The van der Waals surface area contributed by atoms with E-state index in [9.17, 15) is 18.4 Å². The molecule has 0 amide bonds. The summed E-state index contributed by atoms with van der Waals surface area (Å²) in [5.74, 6) is -1.68. The maximum Gasteiger partial charge on any atom is 0.342 e. The number of ether oxygens (including phenoxy) is 3. The van der Waals surface area contributed by atoms with E-state index in [0.717, 1.165) is 19.1 Å². The van der Waals surface area contributed by atoms with Gasteiger partial charge in [0.1, 0.15) is 11.3 Å². The fourth-order valence-electron chi connectivity index (χ4n) is 3.20. The van der Waals surface area contributed by atoms with Gasteiger partial charge in [-0.15, -0.1) is 0 Å². The van der Waals surface area contributed by atoms with Gasteiger partial charge in [-0.2, -0.15) is 8.78 Å². The SMILES string of the molecule is COC(=O)C1=C(C(=O)OC)C2(c3ccc(OC)cc3)CN2C1(F)F. The van der Waals surface area contributed by atoms with Crippen molar-refractivity contribution in [1.82, 2.24) is 4.90 Å². The standard InChI is InChI=1S/C16H15F2NO5/c1-22-10-6-4-9(5-7-10)15-8-19(15)16(17,18)12(14(21)24-3)11(15)13(20)23-2/h4-7H,8H2,1-3H3. The second kappa shape index (κ2) is 5.27. The number of nitrogens with zero attached hydrogens (tertiary/aromatic N) is 1. The van der Waals surface area contributed by atoms with E-state index >= 15 is 0 Å². The summed E-state index contributed by atoms with van der Waals surface area (Å²) in [6.07, 6.45) is 0. The summed E-state index contributed by atoms with van der Waals surface area (Å²) < 4.78 is 43.4. The molecule has 2 aliphatic rings. The van der Waals surface area contributed by atoms with E-state index in [4.69, 9.17) is 4.74 Å². The molecule has 0 aromatic heterocycles. The molecular formula is C16H15F2NO5. The molecular weight excluding hydrogens is 324 g/mol. The van der Waals surface area contributed by atoms with Crippen molar-refractivity contribution in [2.75, 3.05) is 27.9 Å². The molecule has 0 radical (unpaired) electrons. The van der Waals surface area contributed by atoms with Crippen molar-refractivity contribution in [2.24, 2.45) is 0 Å². The van der Waals surface area contributed by atoms with Crippen LogP contribution in [0.3, 0.4) is 0 Å². The topological polar surface area (TPSA) is 64.8 Å². The van der Waals surface area contributed by atoms with Crippen LogP contribution in [0.2, 0.25) is 0 Å². The Morgan fingerprint density at radius 1 is 1.00 bits per heavy atom. The number of carbonyl (C=O) groups is 2. The van der Waals surface area contributed by atoms with Gasteiger partial charge in [-0.3, -0.25) is 0 Å². The normalized spacial score (nSPS) is 26.6. The molecule has 1 aromatic rings. The van der Waals surface area contributed by atoms with Crippen LogP contribution in [0.4, 0.5) is 8.78 Å². The molecule has 0 saturated carbocycles. The average Bonchev–Trinajstić information content (AvgIpc) is 3.31. The van der Waals surface area contributed by atoms with Gasteiger partial charge in [0.2, 0.25) is 0 Å². The van der Waals surface area contributed by atoms with Gasteiger partial charge in [0.05, 0.1) is 32.4 Å². The summed E-state index contributed by atoms with van der Waals surface area (Å²) in [5.41, 5.74) is -2.31. The lowest BCUT2D eigenvalue weighted by Gasteiger charge is -2.16. The Labute approximate surface area is 136 Å². The van der Waals surface area contributed by atoms with Crippen LogP contribution >= 0.6 is 0 Å². The van der Waals surface area contributed by atoms with Gasteiger partial charge in [-0.1, -0.05) is 12.1 Å². The molecule has 3 rings (SSSR count). The third-order valence-corrected chi connectivity index (χ3v) is 4.39. The lowest BCUT2D eigenvalue weighted by atomic mass is 9.88. The van der Waals surface area contributed by atoms with E-state index in [-0.39, 0.29) is 12.1 Å². The Bertz CT molecular complexity index is 743. The summed E-state index contributed by atoms with van der Waals surface area (Å²) in [6.45, 7) is -0.0999. The molecule has 6 nitrogen and oxygen atoms in total. The van der Waals surface area contributed by atoms with Gasteiger partial charge in [-0.05, 0) is 17.7 Å². The largest absolute Gasteiger partial charge is 0.497 e. The molecule has 0 bridgehead atoms. The van der Waals surface area contributed by atoms with Crippen molar-refractivity contribution in [1.29, 1.82) is 0 Å². The van der Waals surface area contributed by atoms with Gasteiger partial charge in [0, 0.05) is 6.54 Å². The number of benzene rings is 1. The predicted molar refractivity (Wildman–Crippen MR) is 77.4 cm³/mol. The Morgan fingerprint density at radius 2 is 1.54 bits per heavy atom. The molecule has 2 heterocycles. The van der Waals surface area contributed by atoms with Crippen LogP contribution < -0.4 is 4.74 Å². The molecule has 2 aliphatic heterocycles. The minimum absolute atomic E-state index is 0.0999. The minimum Gasteiger partial charge on any atom is -0.497 e. The number of fused-ring (bicyclic) bond motifs is 1. The van der Waals surface area contributed by atoms with E-state index in [1.54, 1.807) is 24.3 Å². The first-order valence-corrected chi connectivity index (χ1v) is 7.06. The Hall–Kier alpha value is -2.48. The van der Waals surface area contributed by atoms with Crippen molar-refractivity contribution < 1.29 is 32.6 Å². The molecule has 2 unspecified atom stereocenters. The first-order chi connectivity index (χ1) is 11.3.